The highest BCUT2D eigenvalue weighted by atomic mass is 16.5. The number of hydrogen-bond donors (Lipinski definition) is 0. The SMILES string of the molecule is C=CCC(=C)/C=C/OCC. The first-order valence-electron chi connectivity index (χ1n) is 3.38. The molecule has 0 saturated carbocycles. The van der Waals surface area contributed by atoms with Gasteiger partial charge in [0.25, 0.3) is 0 Å². The van der Waals surface area contributed by atoms with Crippen LogP contribution >= 0.6 is 0 Å². The van der Waals surface area contributed by atoms with Gasteiger partial charge < -0.3 is 4.74 Å². The molecule has 56 valence electrons. The summed E-state index contributed by atoms with van der Waals surface area (Å²) in [6.07, 6.45) is 6.15. The maximum Gasteiger partial charge on any atom is 0.0845 e. The van der Waals surface area contributed by atoms with Crippen LogP contribution in [0.3, 0.4) is 0 Å². The van der Waals surface area contributed by atoms with E-state index in [4.69, 9.17) is 4.74 Å². The van der Waals surface area contributed by atoms with Crippen molar-refractivity contribution in [3.05, 3.63) is 37.1 Å². The fraction of sp³-hybridized carbons (Fsp3) is 0.333. The molecule has 0 aromatic carbocycles. The molecule has 0 aromatic heterocycles. The molecule has 0 heterocycles. The Morgan fingerprint density at radius 2 is 2.30 bits per heavy atom. The molecule has 0 bridgehead atoms. The Labute approximate surface area is 62.7 Å². The summed E-state index contributed by atoms with van der Waals surface area (Å²) in [6, 6.07) is 0. The van der Waals surface area contributed by atoms with E-state index in [0.717, 1.165) is 12.0 Å². The second-order valence-electron chi connectivity index (χ2n) is 1.91. The molecule has 0 spiro atoms. The zero-order valence-corrected chi connectivity index (χ0v) is 6.47. The lowest BCUT2D eigenvalue weighted by atomic mass is 10.2. The van der Waals surface area contributed by atoms with E-state index in [2.05, 4.69) is 13.2 Å². The molecule has 0 fully saturated rings. The Bertz CT molecular complexity index is 134. The van der Waals surface area contributed by atoms with E-state index in [9.17, 15) is 0 Å². The summed E-state index contributed by atoms with van der Waals surface area (Å²) in [7, 11) is 0. The van der Waals surface area contributed by atoms with Crippen LogP contribution in [0.2, 0.25) is 0 Å². The molecule has 0 aliphatic carbocycles. The molecule has 0 atom stereocenters. The van der Waals surface area contributed by atoms with Crippen LogP contribution in [-0.2, 0) is 4.74 Å². The van der Waals surface area contributed by atoms with E-state index in [0.29, 0.717) is 6.61 Å². The number of rotatable bonds is 5. The van der Waals surface area contributed by atoms with Crippen LogP contribution in [0.5, 0.6) is 0 Å². The van der Waals surface area contributed by atoms with Crippen LogP contribution in [-0.4, -0.2) is 6.61 Å². The monoisotopic (exact) mass is 138 g/mol. The van der Waals surface area contributed by atoms with E-state index in [1.807, 2.05) is 19.1 Å². The van der Waals surface area contributed by atoms with E-state index in [-0.39, 0.29) is 0 Å². The summed E-state index contributed by atoms with van der Waals surface area (Å²) in [6.45, 7) is 10.0. The van der Waals surface area contributed by atoms with Crippen LogP contribution in [0.1, 0.15) is 13.3 Å². The summed E-state index contributed by atoms with van der Waals surface area (Å²) in [5, 5.41) is 0. The molecule has 0 aliphatic rings. The van der Waals surface area contributed by atoms with Gasteiger partial charge in [-0.1, -0.05) is 12.7 Å². The van der Waals surface area contributed by atoms with Crippen molar-refractivity contribution in [1.29, 1.82) is 0 Å². The molecule has 0 aromatic rings. The minimum Gasteiger partial charge on any atom is -0.501 e. The lowest BCUT2D eigenvalue weighted by Gasteiger charge is -1.93. The molecule has 0 amide bonds. The number of ether oxygens (including phenoxy) is 1. The van der Waals surface area contributed by atoms with Gasteiger partial charge in [-0.2, -0.15) is 0 Å². The molecule has 0 N–H and O–H groups in total. The molecular formula is C9H14O. The van der Waals surface area contributed by atoms with E-state index >= 15 is 0 Å². The zero-order valence-electron chi connectivity index (χ0n) is 6.47. The lowest BCUT2D eigenvalue weighted by Crippen LogP contribution is -1.77. The van der Waals surface area contributed by atoms with Crippen LogP contribution in [0.15, 0.2) is 37.1 Å². The normalized spacial score (nSPS) is 9.70. The third kappa shape index (κ3) is 5.16. The third-order valence-corrected chi connectivity index (χ3v) is 0.973. The second kappa shape index (κ2) is 6.14. The number of allylic oxidation sites excluding steroid dienone is 3. The summed E-state index contributed by atoms with van der Waals surface area (Å²) < 4.78 is 4.97. The Morgan fingerprint density at radius 1 is 1.60 bits per heavy atom. The first kappa shape index (κ1) is 9.02. The fourth-order valence-corrected chi connectivity index (χ4v) is 0.494. The Kier molecular flexibility index (Phi) is 5.54. The molecular weight excluding hydrogens is 124 g/mol. The minimum atomic E-state index is 0.706. The van der Waals surface area contributed by atoms with Crippen LogP contribution < -0.4 is 0 Å². The Hall–Kier alpha value is -0.980. The lowest BCUT2D eigenvalue weighted by molar-refractivity contribution is 0.269. The predicted molar refractivity (Wildman–Crippen MR) is 44.7 cm³/mol. The molecule has 1 nitrogen and oxygen atoms in total. The van der Waals surface area contributed by atoms with Crippen molar-refractivity contribution in [3.8, 4) is 0 Å². The van der Waals surface area contributed by atoms with Gasteiger partial charge in [0.1, 0.15) is 0 Å². The summed E-state index contributed by atoms with van der Waals surface area (Å²) >= 11 is 0. The highest BCUT2D eigenvalue weighted by Crippen LogP contribution is 1.99. The molecule has 0 rings (SSSR count). The average molecular weight is 138 g/mol. The van der Waals surface area contributed by atoms with Crippen molar-refractivity contribution >= 4 is 0 Å². The maximum atomic E-state index is 4.97. The maximum absolute atomic E-state index is 4.97. The standard InChI is InChI=1S/C9H14O/c1-4-6-9(3)7-8-10-5-2/h4,7-8H,1,3,5-6H2,2H3/b8-7+. The zero-order chi connectivity index (χ0) is 7.82. The highest BCUT2D eigenvalue weighted by molar-refractivity contribution is 5.15. The van der Waals surface area contributed by atoms with Crippen molar-refractivity contribution in [2.75, 3.05) is 6.61 Å². The predicted octanol–water partition coefficient (Wildman–Crippen LogP) is 2.67. The van der Waals surface area contributed by atoms with Gasteiger partial charge >= 0.3 is 0 Å². The van der Waals surface area contributed by atoms with Crippen molar-refractivity contribution in [3.63, 3.8) is 0 Å². The van der Waals surface area contributed by atoms with Gasteiger partial charge in [-0.3, -0.25) is 0 Å². The average Bonchev–Trinajstić information content (AvgIpc) is 1.89. The van der Waals surface area contributed by atoms with Gasteiger partial charge in [0, 0.05) is 0 Å². The molecule has 10 heavy (non-hydrogen) atoms. The van der Waals surface area contributed by atoms with Gasteiger partial charge in [0.05, 0.1) is 12.9 Å². The summed E-state index contributed by atoms with van der Waals surface area (Å²) in [5.41, 5.74) is 1.02. The van der Waals surface area contributed by atoms with Gasteiger partial charge in [0.2, 0.25) is 0 Å². The van der Waals surface area contributed by atoms with Crippen molar-refractivity contribution in [2.24, 2.45) is 0 Å². The van der Waals surface area contributed by atoms with E-state index < -0.39 is 0 Å². The summed E-state index contributed by atoms with van der Waals surface area (Å²) in [5.74, 6) is 0. The van der Waals surface area contributed by atoms with Crippen molar-refractivity contribution in [1.82, 2.24) is 0 Å². The van der Waals surface area contributed by atoms with Crippen molar-refractivity contribution in [2.45, 2.75) is 13.3 Å². The quantitative estimate of drug-likeness (QED) is 0.322. The van der Waals surface area contributed by atoms with Gasteiger partial charge in [0.15, 0.2) is 0 Å². The topological polar surface area (TPSA) is 9.23 Å². The van der Waals surface area contributed by atoms with Gasteiger partial charge in [-0.05, 0) is 25.0 Å². The first-order valence-corrected chi connectivity index (χ1v) is 3.38. The molecule has 0 unspecified atom stereocenters. The minimum absolute atomic E-state index is 0.706. The Balaban J connectivity index is 3.45. The van der Waals surface area contributed by atoms with E-state index in [1.54, 1.807) is 6.26 Å². The molecule has 0 aliphatic heterocycles. The number of hydrogen-bond acceptors (Lipinski definition) is 1. The van der Waals surface area contributed by atoms with E-state index in [1.165, 1.54) is 0 Å². The molecule has 0 saturated heterocycles. The fourth-order valence-electron chi connectivity index (χ4n) is 0.494. The first-order chi connectivity index (χ1) is 4.81. The Morgan fingerprint density at radius 3 is 2.80 bits per heavy atom. The van der Waals surface area contributed by atoms with Gasteiger partial charge in [-0.25, -0.2) is 0 Å². The van der Waals surface area contributed by atoms with Crippen LogP contribution in [0, 0.1) is 0 Å². The van der Waals surface area contributed by atoms with Crippen LogP contribution in [0.4, 0.5) is 0 Å². The molecule has 1 heteroatoms. The third-order valence-electron chi connectivity index (χ3n) is 0.973. The second-order valence-corrected chi connectivity index (χ2v) is 1.91. The van der Waals surface area contributed by atoms with Crippen LogP contribution in [0.25, 0.3) is 0 Å². The molecule has 0 radical (unpaired) electrons. The van der Waals surface area contributed by atoms with Crippen molar-refractivity contribution < 1.29 is 4.74 Å². The smallest absolute Gasteiger partial charge is 0.0845 e. The largest absolute Gasteiger partial charge is 0.501 e. The summed E-state index contributed by atoms with van der Waals surface area (Å²) in [4.78, 5) is 0. The van der Waals surface area contributed by atoms with Gasteiger partial charge in [-0.15, -0.1) is 6.58 Å². The highest BCUT2D eigenvalue weighted by Gasteiger charge is 1.80.